The van der Waals surface area contributed by atoms with Crippen LogP contribution >= 0.6 is 11.3 Å². The second-order valence-corrected chi connectivity index (χ2v) is 6.12. The minimum atomic E-state index is -0.00171. The molecule has 0 bridgehead atoms. The summed E-state index contributed by atoms with van der Waals surface area (Å²) in [6.45, 7) is 9.99. The highest BCUT2D eigenvalue weighted by Crippen LogP contribution is 2.18. The molecule has 0 aromatic carbocycles. The van der Waals surface area contributed by atoms with Gasteiger partial charge < -0.3 is 10.2 Å². The second kappa shape index (κ2) is 8.89. The van der Waals surface area contributed by atoms with Crippen LogP contribution < -0.4 is 5.32 Å². The van der Waals surface area contributed by atoms with Gasteiger partial charge in [0.15, 0.2) is 0 Å². The molecule has 0 radical (unpaired) electrons. The number of nitrogens with one attached hydrogen (secondary N) is 1. The molecule has 0 spiro atoms. The second-order valence-electron chi connectivity index (χ2n) is 5.14. The van der Waals surface area contributed by atoms with Gasteiger partial charge in [0.2, 0.25) is 10.1 Å². The highest BCUT2D eigenvalue weighted by atomic mass is 32.1. The first kappa shape index (κ1) is 16.9. The molecule has 114 valence electrons. The predicted molar refractivity (Wildman–Crippen MR) is 84.4 cm³/mol. The average molecular weight is 298 g/mol. The number of amides is 1. The smallest absolute Gasteiger partial charge is 0.285 e. The Bertz CT molecular complexity index is 406. The molecule has 1 aromatic heterocycles. The lowest BCUT2D eigenvalue weighted by molar-refractivity contribution is 0.0701. The maximum atomic E-state index is 12.5. The van der Waals surface area contributed by atoms with Crippen molar-refractivity contribution in [2.75, 3.05) is 18.4 Å². The summed E-state index contributed by atoms with van der Waals surface area (Å²) < 4.78 is 0. The zero-order chi connectivity index (χ0) is 15.0. The molecule has 1 heterocycles. The summed E-state index contributed by atoms with van der Waals surface area (Å²) in [6, 6.07) is 0.190. The van der Waals surface area contributed by atoms with Gasteiger partial charge in [-0.05, 0) is 26.7 Å². The summed E-state index contributed by atoms with van der Waals surface area (Å²) >= 11 is 1.34. The Balaban J connectivity index is 2.66. The Morgan fingerprint density at radius 1 is 1.25 bits per heavy atom. The maximum Gasteiger partial charge on any atom is 0.285 e. The van der Waals surface area contributed by atoms with Crippen molar-refractivity contribution in [3.05, 3.63) is 5.01 Å². The van der Waals surface area contributed by atoms with Crippen molar-refractivity contribution in [1.29, 1.82) is 0 Å². The van der Waals surface area contributed by atoms with Gasteiger partial charge in [0.1, 0.15) is 0 Å². The van der Waals surface area contributed by atoms with Crippen molar-refractivity contribution in [3.8, 4) is 0 Å². The third-order valence-corrected chi connectivity index (χ3v) is 3.89. The van der Waals surface area contributed by atoms with Crippen LogP contribution in [0.5, 0.6) is 0 Å². The topological polar surface area (TPSA) is 58.1 Å². The lowest BCUT2D eigenvalue weighted by atomic mass is 10.2. The van der Waals surface area contributed by atoms with Crippen LogP contribution in [-0.4, -0.2) is 40.1 Å². The largest absolute Gasteiger partial charge is 0.360 e. The summed E-state index contributed by atoms with van der Waals surface area (Å²) in [5, 5.41) is 12.4. The van der Waals surface area contributed by atoms with Gasteiger partial charge in [0, 0.05) is 19.1 Å². The third kappa shape index (κ3) is 5.07. The zero-order valence-corrected chi connectivity index (χ0v) is 13.8. The van der Waals surface area contributed by atoms with Crippen LogP contribution in [0.15, 0.2) is 0 Å². The molecule has 0 saturated carbocycles. The number of nitrogens with zero attached hydrogens (tertiary/aromatic N) is 3. The summed E-state index contributed by atoms with van der Waals surface area (Å²) in [6.07, 6.45) is 4.37. The van der Waals surface area contributed by atoms with Gasteiger partial charge in [-0.25, -0.2) is 0 Å². The molecule has 0 unspecified atom stereocenters. The monoisotopic (exact) mass is 298 g/mol. The molecule has 1 amide bonds. The van der Waals surface area contributed by atoms with Gasteiger partial charge in [0.05, 0.1) is 0 Å². The number of aromatic nitrogens is 2. The van der Waals surface area contributed by atoms with Gasteiger partial charge in [-0.15, -0.1) is 10.2 Å². The fourth-order valence-corrected chi connectivity index (χ4v) is 2.59. The van der Waals surface area contributed by atoms with E-state index < -0.39 is 0 Å². The predicted octanol–water partition coefficient (Wildman–Crippen LogP) is 3.40. The zero-order valence-electron chi connectivity index (χ0n) is 13.0. The molecule has 0 aliphatic heterocycles. The maximum absolute atomic E-state index is 12.5. The van der Waals surface area contributed by atoms with E-state index >= 15 is 0 Å². The standard InChI is InChI=1S/C14H26N4OS/c1-5-7-8-10-18(11(3)4)13(19)12-16-17-14(20-12)15-9-6-2/h11H,5-10H2,1-4H3,(H,15,17). The van der Waals surface area contributed by atoms with Gasteiger partial charge in [-0.2, -0.15) is 0 Å². The Hall–Kier alpha value is -1.17. The van der Waals surface area contributed by atoms with Gasteiger partial charge in [0.25, 0.3) is 5.91 Å². The SMILES string of the molecule is CCCCCN(C(=O)c1nnc(NCCC)s1)C(C)C. The molecule has 0 fully saturated rings. The fourth-order valence-electron chi connectivity index (χ4n) is 1.86. The molecule has 0 aliphatic rings. The van der Waals surface area contributed by atoms with E-state index in [0.29, 0.717) is 5.01 Å². The highest BCUT2D eigenvalue weighted by molar-refractivity contribution is 7.17. The van der Waals surface area contributed by atoms with Crippen molar-refractivity contribution < 1.29 is 4.79 Å². The van der Waals surface area contributed by atoms with E-state index in [-0.39, 0.29) is 11.9 Å². The molecular weight excluding hydrogens is 272 g/mol. The molecule has 6 heteroatoms. The lowest BCUT2D eigenvalue weighted by Gasteiger charge is -2.25. The van der Waals surface area contributed by atoms with Crippen LogP contribution in [0.4, 0.5) is 5.13 Å². The van der Waals surface area contributed by atoms with Gasteiger partial charge in [-0.1, -0.05) is 38.0 Å². The number of carbonyl (C=O) groups excluding carboxylic acids is 1. The number of hydrogen-bond donors (Lipinski definition) is 1. The molecule has 1 aromatic rings. The third-order valence-electron chi connectivity index (χ3n) is 3.02. The minimum Gasteiger partial charge on any atom is -0.360 e. The lowest BCUT2D eigenvalue weighted by Crippen LogP contribution is -2.37. The van der Waals surface area contributed by atoms with Crippen LogP contribution in [0.3, 0.4) is 0 Å². The van der Waals surface area contributed by atoms with Crippen molar-refractivity contribution in [3.63, 3.8) is 0 Å². The number of anilines is 1. The first-order valence-electron chi connectivity index (χ1n) is 7.48. The summed E-state index contributed by atoms with van der Waals surface area (Å²) in [7, 11) is 0. The van der Waals surface area contributed by atoms with E-state index in [0.717, 1.165) is 43.9 Å². The molecule has 1 rings (SSSR count). The molecule has 1 N–H and O–H groups in total. The summed E-state index contributed by atoms with van der Waals surface area (Å²) in [5.41, 5.74) is 0. The van der Waals surface area contributed by atoms with Crippen molar-refractivity contribution in [2.45, 2.75) is 59.4 Å². The number of hydrogen-bond acceptors (Lipinski definition) is 5. The Kier molecular flexibility index (Phi) is 7.51. The van der Waals surface area contributed by atoms with E-state index in [4.69, 9.17) is 0 Å². The molecule has 0 aliphatic carbocycles. The van der Waals surface area contributed by atoms with E-state index in [2.05, 4.69) is 29.4 Å². The molecule has 5 nitrogen and oxygen atoms in total. The first-order valence-corrected chi connectivity index (χ1v) is 8.30. The summed E-state index contributed by atoms with van der Waals surface area (Å²) in [4.78, 5) is 14.4. The van der Waals surface area contributed by atoms with Gasteiger partial charge >= 0.3 is 0 Å². The highest BCUT2D eigenvalue weighted by Gasteiger charge is 2.22. The van der Waals surface area contributed by atoms with Crippen LogP contribution in [0.1, 0.15) is 63.2 Å². The first-order chi connectivity index (χ1) is 9.60. The quantitative estimate of drug-likeness (QED) is 0.710. The van der Waals surface area contributed by atoms with Crippen LogP contribution in [0.25, 0.3) is 0 Å². The van der Waals surface area contributed by atoms with E-state index in [9.17, 15) is 4.79 Å². The Labute approximate surface area is 125 Å². The van der Waals surface area contributed by atoms with E-state index in [1.165, 1.54) is 11.3 Å². The normalized spacial score (nSPS) is 10.8. The Morgan fingerprint density at radius 3 is 2.60 bits per heavy atom. The number of carbonyl (C=O) groups is 1. The van der Waals surface area contributed by atoms with Crippen LogP contribution in [0, 0.1) is 0 Å². The molecule has 20 heavy (non-hydrogen) atoms. The van der Waals surface area contributed by atoms with Crippen molar-refractivity contribution in [2.24, 2.45) is 0 Å². The molecule has 0 atom stereocenters. The molecule has 0 saturated heterocycles. The minimum absolute atomic E-state index is 0.00171. The van der Waals surface area contributed by atoms with Crippen LogP contribution in [-0.2, 0) is 0 Å². The molecular formula is C14H26N4OS. The van der Waals surface area contributed by atoms with Crippen LogP contribution in [0.2, 0.25) is 0 Å². The number of unbranched alkanes of at least 4 members (excludes halogenated alkanes) is 2. The Morgan fingerprint density at radius 2 is 2.00 bits per heavy atom. The number of rotatable bonds is 9. The van der Waals surface area contributed by atoms with E-state index in [1.807, 2.05) is 18.7 Å². The van der Waals surface area contributed by atoms with Gasteiger partial charge in [-0.3, -0.25) is 4.79 Å². The fraction of sp³-hybridized carbons (Fsp3) is 0.786. The van der Waals surface area contributed by atoms with E-state index in [1.54, 1.807) is 0 Å². The van der Waals surface area contributed by atoms with Crippen molar-refractivity contribution in [1.82, 2.24) is 15.1 Å². The average Bonchev–Trinajstić information content (AvgIpc) is 2.89. The summed E-state index contributed by atoms with van der Waals surface area (Å²) in [5.74, 6) is -0.00171. The van der Waals surface area contributed by atoms with Crippen molar-refractivity contribution >= 4 is 22.4 Å².